The topological polar surface area (TPSA) is 41.6 Å². The number of rotatable bonds is 1. The van der Waals surface area contributed by atoms with E-state index in [9.17, 15) is 0 Å². The van der Waals surface area contributed by atoms with E-state index in [1.54, 1.807) is 24.3 Å². The van der Waals surface area contributed by atoms with Crippen molar-refractivity contribution in [2.24, 2.45) is 0 Å². The zero-order chi connectivity index (χ0) is 6.69. The van der Waals surface area contributed by atoms with Crippen LogP contribution in [0, 0.1) is 0 Å². The highest BCUT2D eigenvalue weighted by molar-refractivity contribution is 5.88. The molecule has 0 aliphatic heterocycles. The Kier molecular flexibility index (Phi) is 1.49. The average Bonchev–Trinajstić information content (AvgIpc) is 1.90. The second-order valence-electron chi connectivity index (χ2n) is 1.69. The van der Waals surface area contributed by atoms with E-state index in [-0.39, 0.29) is 0 Å². The lowest BCUT2D eigenvalue weighted by molar-refractivity contribution is 0.463. The fraction of sp³-hybridized carbons (Fsp3) is 0. The minimum Gasteiger partial charge on any atom is -0.335 e. The predicted molar refractivity (Wildman–Crippen MR) is 35.1 cm³/mol. The Balaban J connectivity index is 2.98. The van der Waals surface area contributed by atoms with Gasteiger partial charge in [0.2, 0.25) is 0 Å². The molecule has 0 radical (unpaired) electrons. The van der Waals surface area contributed by atoms with Crippen LogP contribution in [0.2, 0.25) is 0 Å². The average molecular weight is 123 g/mol. The number of hydrogen-bond acceptors (Lipinski definition) is 0. The van der Waals surface area contributed by atoms with Crippen molar-refractivity contribution in [3.05, 3.63) is 35.9 Å². The Hall–Kier alpha value is -1.31. The molecule has 2 N–H and O–H groups in total. The van der Waals surface area contributed by atoms with Crippen molar-refractivity contribution in [3.63, 3.8) is 0 Å². The third kappa shape index (κ3) is 1.29. The van der Waals surface area contributed by atoms with Crippen LogP contribution in [0.5, 0.6) is 0 Å². The van der Waals surface area contributed by atoms with Crippen LogP contribution < -0.4 is 0 Å². The molecule has 0 bridgehead atoms. The first-order valence-electron chi connectivity index (χ1n) is 2.61. The zero-order valence-electron chi connectivity index (χ0n) is 4.78. The third-order valence-electron chi connectivity index (χ3n) is 1.03. The number of aliphatic hydroxyl groups excluding tert-OH is 1. The number of aromatic carboxylic acids is 1. The summed E-state index contributed by atoms with van der Waals surface area (Å²) in [6.45, 7) is 0. The van der Waals surface area contributed by atoms with Crippen molar-refractivity contribution in [3.8, 4) is 0 Å². The second kappa shape index (κ2) is 2.31. The molecule has 1 rings (SSSR count). The van der Waals surface area contributed by atoms with Crippen molar-refractivity contribution in [1.29, 1.82) is 0 Å². The van der Waals surface area contributed by atoms with E-state index >= 15 is 0 Å². The molecule has 0 unspecified atom stereocenters. The molecular formula is C7H7O2+. The van der Waals surface area contributed by atoms with Crippen LogP contribution in [0.15, 0.2) is 30.3 Å². The van der Waals surface area contributed by atoms with Crippen molar-refractivity contribution in [2.45, 2.75) is 0 Å². The van der Waals surface area contributed by atoms with Crippen LogP contribution >= 0.6 is 0 Å². The van der Waals surface area contributed by atoms with Gasteiger partial charge < -0.3 is 9.90 Å². The van der Waals surface area contributed by atoms with E-state index in [2.05, 4.69) is 0 Å². The van der Waals surface area contributed by atoms with E-state index in [0.717, 1.165) is 0 Å². The fourth-order valence-corrected chi connectivity index (χ4v) is 0.587. The molecule has 0 aromatic heterocycles. The standard InChI is InChI=1S/C7H6O2/c8-7(9)6-4-2-1-3-5-6/h1-5H,(H,8,9)/p+1. The summed E-state index contributed by atoms with van der Waals surface area (Å²) in [5.41, 5.74) is 0.442. The second-order valence-corrected chi connectivity index (χ2v) is 1.69. The van der Waals surface area contributed by atoms with E-state index in [0.29, 0.717) is 5.56 Å². The summed E-state index contributed by atoms with van der Waals surface area (Å²) in [5.74, 6) is -0.629. The number of benzene rings is 1. The van der Waals surface area contributed by atoms with Crippen LogP contribution in [0.1, 0.15) is 5.56 Å². The lowest BCUT2D eigenvalue weighted by Crippen LogP contribution is -1.95. The lowest BCUT2D eigenvalue weighted by Gasteiger charge is -1.82. The van der Waals surface area contributed by atoms with Crippen LogP contribution in [0.25, 0.3) is 0 Å². The third-order valence-corrected chi connectivity index (χ3v) is 1.03. The summed E-state index contributed by atoms with van der Waals surface area (Å²) >= 11 is 0. The van der Waals surface area contributed by atoms with Gasteiger partial charge in [-0.15, -0.1) is 0 Å². The van der Waals surface area contributed by atoms with E-state index < -0.39 is 5.97 Å². The van der Waals surface area contributed by atoms with Gasteiger partial charge in [-0.3, -0.25) is 0 Å². The lowest BCUT2D eigenvalue weighted by atomic mass is 10.2. The number of carboxylic acids is 1. The van der Waals surface area contributed by atoms with Crippen LogP contribution in [-0.4, -0.2) is 15.9 Å². The molecule has 0 amide bonds. The molecule has 0 heterocycles. The van der Waals surface area contributed by atoms with Crippen molar-refractivity contribution in [1.82, 2.24) is 0 Å². The predicted octanol–water partition coefficient (Wildman–Crippen LogP) is 1.10. The smallest absolute Gasteiger partial charge is 0.335 e. The van der Waals surface area contributed by atoms with Crippen LogP contribution in [0.4, 0.5) is 0 Å². The quantitative estimate of drug-likeness (QED) is 0.558. The van der Waals surface area contributed by atoms with Gasteiger partial charge in [-0.2, -0.15) is 0 Å². The molecule has 0 saturated carbocycles. The van der Waals surface area contributed by atoms with Gasteiger partial charge in [0.1, 0.15) is 5.56 Å². The first-order chi connectivity index (χ1) is 4.30. The van der Waals surface area contributed by atoms with Gasteiger partial charge in [0.25, 0.3) is 0 Å². The van der Waals surface area contributed by atoms with Gasteiger partial charge in [-0.05, 0) is 12.1 Å². The molecule has 0 atom stereocenters. The Morgan fingerprint density at radius 1 is 1.22 bits per heavy atom. The molecule has 46 valence electrons. The maximum Gasteiger partial charge on any atom is 0.515 e. The normalized spacial score (nSPS) is 8.89. The first kappa shape index (κ1) is 5.82. The maximum atomic E-state index is 8.50. The molecule has 0 saturated heterocycles. The summed E-state index contributed by atoms with van der Waals surface area (Å²) in [6, 6.07) is 8.53. The van der Waals surface area contributed by atoms with E-state index in [1.807, 2.05) is 6.07 Å². The molecular weight excluding hydrogens is 116 g/mol. The Labute approximate surface area is 52.8 Å². The Morgan fingerprint density at radius 3 is 2.11 bits per heavy atom. The van der Waals surface area contributed by atoms with Gasteiger partial charge in [0.05, 0.1) is 0 Å². The summed E-state index contributed by atoms with van der Waals surface area (Å²) in [5, 5.41) is 8.50. The molecule has 1 aromatic carbocycles. The highest BCUT2D eigenvalue weighted by atomic mass is 16.4. The minimum absolute atomic E-state index is 0.442. The summed E-state index contributed by atoms with van der Waals surface area (Å²) < 4.78 is 0. The fourth-order valence-electron chi connectivity index (χ4n) is 0.587. The molecule has 1 aromatic rings. The van der Waals surface area contributed by atoms with Gasteiger partial charge in [-0.25, -0.2) is 0 Å². The Morgan fingerprint density at radius 2 is 1.78 bits per heavy atom. The summed E-state index contributed by atoms with van der Waals surface area (Å²) in [6.07, 6.45) is 0. The number of hydrogen-bond donors (Lipinski definition) is 1. The molecule has 0 spiro atoms. The Bertz CT molecular complexity index is 203. The van der Waals surface area contributed by atoms with Crippen molar-refractivity contribution >= 4 is 5.97 Å². The molecule has 9 heavy (non-hydrogen) atoms. The zero-order valence-corrected chi connectivity index (χ0v) is 4.78. The summed E-state index contributed by atoms with van der Waals surface area (Å²) in [4.78, 5) is 8.50. The summed E-state index contributed by atoms with van der Waals surface area (Å²) in [7, 11) is 0. The van der Waals surface area contributed by atoms with E-state index in [4.69, 9.17) is 9.90 Å². The van der Waals surface area contributed by atoms with Gasteiger partial charge in [0, 0.05) is 0 Å². The van der Waals surface area contributed by atoms with Crippen LogP contribution in [-0.2, 0) is 0 Å². The molecule has 2 nitrogen and oxygen atoms in total. The minimum atomic E-state index is -0.629. The molecule has 0 aliphatic rings. The molecule has 0 fully saturated rings. The van der Waals surface area contributed by atoms with Gasteiger partial charge in [0.15, 0.2) is 0 Å². The van der Waals surface area contributed by atoms with Gasteiger partial charge in [-0.1, -0.05) is 18.2 Å². The SMILES string of the molecule is OC(=[OH+])c1ccccc1. The van der Waals surface area contributed by atoms with Crippen molar-refractivity contribution < 1.29 is 9.90 Å². The maximum absolute atomic E-state index is 8.50. The monoisotopic (exact) mass is 123 g/mol. The largest absolute Gasteiger partial charge is 0.515 e. The van der Waals surface area contributed by atoms with Gasteiger partial charge >= 0.3 is 5.97 Å². The molecule has 0 aliphatic carbocycles. The van der Waals surface area contributed by atoms with E-state index in [1.165, 1.54) is 0 Å². The number of carboxylic acid groups (broad SMARTS) is 1. The highest BCUT2D eigenvalue weighted by Gasteiger charge is 2.05. The first-order valence-corrected chi connectivity index (χ1v) is 2.61. The van der Waals surface area contributed by atoms with Crippen molar-refractivity contribution in [2.75, 3.05) is 0 Å². The molecule has 2 heteroatoms. The highest BCUT2D eigenvalue weighted by Crippen LogP contribution is 1.95. The van der Waals surface area contributed by atoms with Crippen LogP contribution in [0.3, 0.4) is 0 Å².